The molecule has 4 nitrogen and oxygen atoms in total. The van der Waals surface area contributed by atoms with Gasteiger partial charge in [0.2, 0.25) is 10.0 Å². The average molecular weight is 312 g/mol. The van der Waals surface area contributed by atoms with Crippen molar-refractivity contribution in [2.24, 2.45) is 5.92 Å². The van der Waals surface area contributed by atoms with Crippen LogP contribution in [-0.4, -0.2) is 21.5 Å². The van der Waals surface area contributed by atoms with Crippen LogP contribution in [0.4, 0.5) is 0 Å². The first-order valence-corrected chi connectivity index (χ1v) is 9.08. The summed E-state index contributed by atoms with van der Waals surface area (Å²) in [5.41, 5.74) is 1.07. The first-order valence-electron chi connectivity index (χ1n) is 7.59. The summed E-state index contributed by atoms with van der Waals surface area (Å²) in [6.07, 6.45) is 1.91. The van der Waals surface area contributed by atoms with Crippen molar-refractivity contribution in [3.05, 3.63) is 29.8 Å². The van der Waals surface area contributed by atoms with Gasteiger partial charge in [-0.15, -0.1) is 0 Å². The maximum atomic E-state index is 12.3. The molecule has 0 aromatic heterocycles. The van der Waals surface area contributed by atoms with E-state index in [1.54, 1.807) is 12.1 Å². The third-order valence-electron chi connectivity index (χ3n) is 3.93. The summed E-state index contributed by atoms with van der Waals surface area (Å²) in [5.74, 6) is 0.515. The van der Waals surface area contributed by atoms with Crippen LogP contribution in [0.2, 0.25) is 0 Å². The van der Waals surface area contributed by atoms with Crippen molar-refractivity contribution >= 4 is 10.0 Å². The van der Waals surface area contributed by atoms with Gasteiger partial charge in [-0.2, -0.15) is 0 Å². The van der Waals surface area contributed by atoms with Gasteiger partial charge in [0, 0.05) is 12.1 Å². The second kappa shape index (κ2) is 7.92. The number of benzene rings is 1. The molecule has 0 saturated carbocycles. The largest absolute Gasteiger partial charge is 0.313 e. The SMILES string of the molecule is CCC(C)CC(C)NS(=O)(=O)c1ccc(C(C)NC)cc1. The Morgan fingerprint density at radius 1 is 1.10 bits per heavy atom. The molecule has 1 rings (SSSR count). The molecule has 0 aliphatic heterocycles. The quantitative estimate of drug-likeness (QED) is 0.775. The molecular formula is C16H28N2O2S. The Kier molecular flexibility index (Phi) is 6.84. The van der Waals surface area contributed by atoms with E-state index in [-0.39, 0.29) is 12.1 Å². The Morgan fingerprint density at radius 2 is 1.67 bits per heavy atom. The number of rotatable bonds is 8. The number of nitrogens with one attached hydrogen (secondary N) is 2. The van der Waals surface area contributed by atoms with Gasteiger partial charge in [0.25, 0.3) is 0 Å². The fourth-order valence-electron chi connectivity index (χ4n) is 2.25. The summed E-state index contributed by atoms with van der Waals surface area (Å²) in [6, 6.07) is 7.20. The maximum Gasteiger partial charge on any atom is 0.240 e. The maximum absolute atomic E-state index is 12.3. The Balaban J connectivity index is 2.78. The second-order valence-corrected chi connectivity index (χ2v) is 7.56. The highest BCUT2D eigenvalue weighted by molar-refractivity contribution is 7.89. The minimum absolute atomic E-state index is 0.0548. The lowest BCUT2D eigenvalue weighted by Gasteiger charge is -2.18. The van der Waals surface area contributed by atoms with Gasteiger partial charge >= 0.3 is 0 Å². The molecule has 0 radical (unpaired) electrons. The number of hydrogen-bond acceptors (Lipinski definition) is 3. The molecule has 3 atom stereocenters. The van der Waals surface area contributed by atoms with E-state index >= 15 is 0 Å². The molecule has 21 heavy (non-hydrogen) atoms. The van der Waals surface area contributed by atoms with E-state index in [1.165, 1.54) is 0 Å². The summed E-state index contributed by atoms with van der Waals surface area (Å²) in [6.45, 7) is 8.21. The third kappa shape index (κ3) is 5.41. The highest BCUT2D eigenvalue weighted by Crippen LogP contribution is 2.17. The smallest absolute Gasteiger partial charge is 0.240 e. The molecule has 2 N–H and O–H groups in total. The zero-order chi connectivity index (χ0) is 16.0. The van der Waals surface area contributed by atoms with E-state index in [0.717, 1.165) is 18.4 Å². The minimum Gasteiger partial charge on any atom is -0.313 e. The molecule has 1 aromatic carbocycles. The Hall–Kier alpha value is -0.910. The molecule has 0 aliphatic carbocycles. The zero-order valence-electron chi connectivity index (χ0n) is 13.7. The summed E-state index contributed by atoms with van der Waals surface area (Å²) in [5, 5.41) is 3.13. The van der Waals surface area contributed by atoms with Crippen molar-refractivity contribution in [1.82, 2.24) is 10.0 Å². The number of sulfonamides is 1. The van der Waals surface area contributed by atoms with Gasteiger partial charge in [0.05, 0.1) is 4.90 Å². The van der Waals surface area contributed by atoms with Crippen LogP contribution < -0.4 is 10.0 Å². The molecule has 120 valence electrons. The Labute approximate surface area is 129 Å². The van der Waals surface area contributed by atoms with Crippen molar-refractivity contribution < 1.29 is 8.42 Å². The van der Waals surface area contributed by atoms with E-state index in [0.29, 0.717) is 10.8 Å². The molecule has 0 saturated heterocycles. The van der Waals surface area contributed by atoms with E-state index in [2.05, 4.69) is 23.9 Å². The molecular weight excluding hydrogens is 284 g/mol. The third-order valence-corrected chi connectivity index (χ3v) is 5.54. The first-order chi connectivity index (χ1) is 9.80. The van der Waals surface area contributed by atoms with Crippen LogP contribution in [0.1, 0.15) is 52.1 Å². The standard InChI is InChI=1S/C16H28N2O2S/c1-6-12(2)11-13(3)18-21(19,20)16-9-7-15(8-10-16)14(4)17-5/h7-10,12-14,17-18H,6,11H2,1-5H3. The fraction of sp³-hybridized carbons (Fsp3) is 0.625. The highest BCUT2D eigenvalue weighted by Gasteiger charge is 2.18. The summed E-state index contributed by atoms with van der Waals surface area (Å²) < 4.78 is 27.4. The predicted molar refractivity (Wildman–Crippen MR) is 87.8 cm³/mol. The second-order valence-electron chi connectivity index (χ2n) is 5.85. The van der Waals surface area contributed by atoms with Crippen molar-refractivity contribution in [2.75, 3.05) is 7.05 Å². The highest BCUT2D eigenvalue weighted by atomic mass is 32.2. The summed E-state index contributed by atoms with van der Waals surface area (Å²) in [7, 11) is -1.55. The fourth-order valence-corrected chi connectivity index (χ4v) is 3.51. The predicted octanol–water partition coefficient (Wildman–Crippen LogP) is 3.07. The van der Waals surface area contributed by atoms with Crippen molar-refractivity contribution in [2.45, 2.75) is 57.5 Å². The average Bonchev–Trinajstić information content (AvgIpc) is 2.45. The molecule has 0 bridgehead atoms. The van der Waals surface area contributed by atoms with Crippen molar-refractivity contribution in [3.63, 3.8) is 0 Å². The van der Waals surface area contributed by atoms with E-state index in [9.17, 15) is 8.42 Å². The van der Waals surface area contributed by atoms with Crippen LogP contribution in [-0.2, 0) is 10.0 Å². The molecule has 0 amide bonds. The number of hydrogen-bond donors (Lipinski definition) is 2. The summed E-state index contributed by atoms with van der Waals surface area (Å²) in [4.78, 5) is 0.325. The monoisotopic (exact) mass is 312 g/mol. The molecule has 3 unspecified atom stereocenters. The normalized spacial score (nSPS) is 16.4. The molecule has 0 aliphatic rings. The first kappa shape index (κ1) is 18.1. The van der Waals surface area contributed by atoms with Gasteiger partial charge in [-0.1, -0.05) is 32.4 Å². The van der Waals surface area contributed by atoms with Gasteiger partial charge in [-0.3, -0.25) is 0 Å². The van der Waals surface area contributed by atoms with Crippen LogP contribution in [0.3, 0.4) is 0 Å². The van der Waals surface area contributed by atoms with Crippen LogP contribution in [0, 0.1) is 5.92 Å². The van der Waals surface area contributed by atoms with Crippen LogP contribution in [0.25, 0.3) is 0 Å². The Bertz CT molecular complexity index is 526. The minimum atomic E-state index is -3.43. The Morgan fingerprint density at radius 3 is 2.14 bits per heavy atom. The molecule has 0 fully saturated rings. The molecule has 1 aromatic rings. The lowest BCUT2D eigenvalue weighted by atomic mass is 10.0. The summed E-state index contributed by atoms with van der Waals surface area (Å²) >= 11 is 0. The lowest BCUT2D eigenvalue weighted by Crippen LogP contribution is -2.33. The van der Waals surface area contributed by atoms with Gasteiger partial charge in [-0.25, -0.2) is 13.1 Å². The van der Waals surface area contributed by atoms with E-state index < -0.39 is 10.0 Å². The van der Waals surface area contributed by atoms with Gasteiger partial charge < -0.3 is 5.32 Å². The topological polar surface area (TPSA) is 58.2 Å². The van der Waals surface area contributed by atoms with Crippen molar-refractivity contribution in [1.29, 1.82) is 0 Å². The molecule has 5 heteroatoms. The zero-order valence-corrected chi connectivity index (χ0v) is 14.5. The van der Waals surface area contributed by atoms with Crippen LogP contribution in [0.15, 0.2) is 29.2 Å². The van der Waals surface area contributed by atoms with E-state index in [1.807, 2.05) is 33.0 Å². The molecule has 0 spiro atoms. The van der Waals surface area contributed by atoms with Gasteiger partial charge in [0.15, 0.2) is 0 Å². The van der Waals surface area contributed by atoms with Crippen LogP contribution in [0.5, 0.6) is 0 Å². The van der Waals surface area contributed by atoms with E-state index in [4.69, 9.17) is 0 Å². The van der Waals surface area contributed by atoms with Gasteiger partial charge in [-0.05, 0) is 50.9 Å². The lowest BCUT2D eigenvalue weighted by molar-refractivity contribution is 0.445. The van der Waals surface area contributed by atoms with Crippen molar-refractivity contribution in [3.8, 4) is 0 Å². The van der Waals surface area contributed by atoms with Crippen LogP contribution >= 0.6 is 0 Å². The molecule has 0 heterocycles. The van der Waals surface area contributed by atoms with Gasteiger partial charge in [0.1, 0.15) is 0 Å².